The molecule has 0 aliphatic rings. The first-order valence-electron chi connectivity index (χ1n) is 10.3. The van der Waals surface area contributed by atoms with Gasteiger partial charge in [-0.25, -0.2) is 20.0 Å². The highest BCUT2D eigenvalue weighted by Crippen LogP contribution is 2.29. The van der Waals surface area contributed by atoms with E-state index in [9.17, 15) is 18.0 Å². The van der Waals surface area contributed by atoms with Gasteiger partial charge in [0.15, 0.2) is 11.6 Å². The smallest absolute Gasteiger partial charge is 0.417 e. The minimum absolute atomic E-state index is 0.132. The number of carbonyl (C=O) groups excluding carboxylic acids is 1. The van der Waals surface area contributed by atoms with Gasteiger partial charge in [0.1, 0.15) is 0 Å². The fourth-order valence-corrected chi connectivity index (χ4v) is 3.34. The molecule has 3 heterocycles. The number of aromatic nitrogens is 4. The van der Waals surface area contributed by atoms with Gasteiger partial charge in [0.2, 0.25) is 5.95 Å². The fourth-order valence-electron chi connectivity index (χ4n) is 3.34. The minimum atomic E-state index is -4.51. The highest BCUT2D eigenvalue weighted by Gasteiger charge is 2.31. The Morgan fingerprint density at radius 1 is 1.09 bits per heavy atom. The number of pyridine rings is 2. The summed E-state index contributed by atoms with van der Waals surface area (Å²) >= 11 is 0. The third kappa shape index (κ3) is 5.05. The molecular weight excluding hydrogens is 463 g/mol. The first-order valence-corrected chi connectivity index (χ1v) is 10.3. The van der Waals surface area contributed by atoms with Crippen molar-refractivity contribution in [2.45, 2.75) is 12.7 Å². The number of nitrogens with two attached hydrogens (primary N) is 1. The third-order valence-corrected chi connectivity index (χ3v) is 5.18. The lowest BCUT2D eigenvalue weighted by molar-refractivity contribution is -0.137. The third-order valence-electron chi connectivity index (χ3n) is 5.18. The van der Waals surface area contributed by atoms with Crippen LogP contribution in [0.5, 0.6) is 5.75 Å². The van der Waals surface area contributed by atoms with Crippen LogP contribution in [0.1, 0.15) is 21.6 Å². The summed E-state index contributed by atoms with van der Waals surface area (Å²) in [7, 11) is 3.03. The van der Waals surface area contributed by atoms with Gasteiger partial charge in [-0.1, -0.05) is 0 Å². The van der Waals surface area contributed by atoms with Crippen molar-refractivity contribution in [3.05, 3.63) is 77.9 Å². The van der Waals surface area contributed by atoms with Crippen molar-refractivity contribution in [1.82, 2.24) is 24.9 Å². The van der Waals surface area contributed by atoms with Crippen LogP contribution in [-0.4, -0.2) is 45.0 Å². The van der Waals surface area contributed by atoms with Gasteiger partial charge in [-0.3, -0.25) is 14.8 Å². The molecule has 9 nitrogen and oxygen atoms in total. The molecule has 0 saturated heterocycles. The lowest BCUT2D eigenvalue weighted by Gasteiger charge is -2.31. The molecule has 12 heteroatoms. The number of hydrazine groups is 1. The maximum atomic E-state index is 13.6. The Bertz CT molecular complexity index is 1350. The lowest BCUT2D eigenvalue weighted by atomic mass is 10.1. The molecule has 1 aromatic carbocycles. The van der Waals surface area contributed by atoms with E-state index in [0.29, 0.717) is 22.2 Å². The Balaban J connectivity index is 1.71. The summed E-state index contributed by atoms with van der Waals surface area (Å²) in [5, 5.41) is 3.31. The zero-order valence-corrected chi connectivity index (χ0v) is 18.7. The largest absolute Gasteiger partial charge is 0.493 e. The molecule has 1 amide bonds. The second-order valence-electron chi connectivity index (χ2n) is 7.45. The van der Waals surface area contributed by atoms with Crippen LogP contribution in [0.25, 0.3) is 10.9 Å². The van der Waals surface area contributed by atoms with Crippen molar-refractivity contribution in [2.75, 3.05) is 24.9 Å². The van der Waals surface area contributed by atoms with E-state index >= 15 is 0 Å². The standard InChI is InChI=1S/C23H20F3N7O2/c1-32(22-28-8-3-9-29-22)33(13-17-6-5-16(12-30-17)23(24,25)26)21(34)14-4-7-18-15(10-14)11-19(35-2)20(27)31-18/h3-12H,13H2,1-2H3,(H2,27,31). The Kier molecular flexibility index (Phi) is 6.36. The molecule has 0 spiro atoms. The van der Waals surface area contributed by atoms with Crippen molar-refractivity contribution in [1.29, 1.82) is 0 Å². The van der Waals surface area contributed by atoms with Gasteiger partial charge < -0.3 is 10.5 Å². The summed E-state index contributed by atoms with van der Waals surface area (Å²) in [6, 6.07) is 10.3. The zero-order valence-electron chi connectivity index (χ0n) is 18.7. The van der Waals surface area contributed by atoms with E-state index in [0.717, 1.165) is 12.3 Å². The van der Waals surface area contributed by atoms with Crippen molar-refractivity contribution < 1.29 is 22.7 Å². The van der Waals surface area contributed by atoms with Crippen molar-refractivity contribution in [3.8, 4) is 5.75 Å². The molecule has 0 radical (unpaired) electrons. The summed E-state index contributed by atoms with van der Waals surface area (Å²) in [6.45, 7) is -0.132. The molecule has 4 rings (SSSR count). The molecule has 180 valence electrons. The van der Waals surface area contributed by atoms with Crippen molar-refractivity contribution in [3.63, 3.8) is 0 Å². The number of nitrogen functional groups attached to an aromatic ring is 1. The van der Waals surface area contributed by atoms with Gasteiger partial charge >= 0.3 is 6.18 Å². The van der Waals surface area contributed by atoms with Crippen molar-refractivity contribution >= 4 is 28.6 Å². The zero-order chi connectivity index (χ0) is 25.2. The Morgan fingerprint density at radius 3 is 2.46 bits per heavy atom. The molecule has 0 fully saturated rings. The number of nitrogens with zero attached hydrogens (tertiary/aromatic N) is 6. The molecule has 0 aliphatic carbocycles. The van der Waals surface area contributed by atoms with Gasteiger partial charge in [-0.15, -0.1) is 0 Å². The molecule has 0 atom stereocenters. The molecule has 0 unspecified atom stereocenters. The first-order chi connectivity index (χ1) is 16.7. The van der Waals surface area contributed by atoms with Gasteiger partial charge in [0.05, 0.1) is 30.4 Å². The molecular formula is C23H20F3N7O2. The van der Waals surface area contributed by atoms with Gasteiger partial charge in [-0.2, -0.15) is 13.2 Å². The minimum Gasteiger partial charge on any atom is -0.493 e. The maximum Gasteiger partial charge on any atom is 0.417 e. The number of fused-ring (bicyclic) bond motifs is 1. The second kappa shape index (κ2) is 9.41. The normalized spacial score (nSPS) is 11.3. The molecule has 3 aromatic heterocycles. The van der Waals surface area contributed by atoms with E-state index in [1.54, 1.807) is 37.4 Å². The van der Waals surface area contributed by atoms with Crippen LogP contribution in [0.3, 0.4) is 0 Å². The predicted molar refractivity (Wildman–Crippen MR) is 122 cm³/mol. The first kappa shape index (κ1) is 23.7. The van der Waals surface area contributed by atoms with Gasteiger partial charge in [0.25, 0.3) is 5.91 Å². The van der Waals surface area contributed by atoms with E-state index in [1.807, 2.05) is 0 Å². The van der Waals surface area contributed by atoms with Gasteiger partial charge in [-0.05, 0) is 42.5 Å². The number of hydrogen-bond acceptors (Lipinski definition) is 8. The topological polar surface area (TPSA) is 110 Å². The van der Waals surface area contributed by atoms with Crippen LogP contribution < -0.4 is 15.5 Å². The number of methoxy groups -OCH3 is 1. The molecule has 35 heavy (non-hydrogen) atoms. The average Bonchev–Trinajstić information content (AvgIpc) is 2.86. The van der Waals surface area contributed by atoms with Crippen LogP contribution in [0.2, 0.25) is 0 Å². The second-order valence-corrected chi connectivity index (χ2v) is 7.45. The molecule has 4 aromatic rings. The number of hydrogen-bond donors (Lipinski definition) is 1. The highest BCUT2D eigenvalue weighted by atomic mass is 19.4. The van der Waals surface area contributed by atoms with Crippen LogP contribution in [0.4, 0.5) is 24.9 Å². The van der Waals surface area contributed by atoms with E-state index in [1.165, 1.54) is 35.6 Å². The number of amides is 1. The molecule has 0 bridgehead atoms. The van der Waals surface area contributed by atoms with Gasteiger partial charge in [0, 0.05) is 36.6 Å². The monoisotopic (exact) mass is 483 g/mol. The number of anilines is 2. The number of halogens is 3. The Hall–Kier alpha value is -4.48. The van der Waals surface area contributed by atoms with E-state index in [-0.39, 0.29) is 24.0 Å². The summed E-state index contributed by atoms with van der Waals surface area (Å²) in [5.74, 6) is 0.335. The van der Waals surface area contributed by atoms with E-state index in [2.05, 4.69) is 19.9 Å². The lowest BCUT2D eigenvalue weighted by Crippen LogP contribution is -2.45. The van der Waals surface area contributed by atoms with E-state index in [4.69, 9.17) is 10.5 Å². The summed E-state index contributed by atoms with van der Waals surface area (Å²) in [5.41, 5.74) is 6.08. The number of alkyl halides is 3. The highest BCUT2D eigenvalue weighted by molar-refractivity contribution is 5.99. The maximum absolute atomic E-state index is 13.6. The predicted octanol–water partition coefficient (Wildman–Crippen LogP) is 3.72. The summed E-state index contributed by atoms with van der Waals surface area (Å²) in [6.07, 6.45) is -0.763. The number of benzene rings is 1. The molecule has 2 N–H and O–H groups in total. The summed E-state index contributed by atoms with van der Waals surface area (Å²) < 4.78 is 44.0. The van der Waals surface area contributed by atoms with E-state index < -0.39 is 17.6 Å². The number of carbonyl (C=O) groups is 1. The molecule has 0 aliphatic heterocycles. The van der Waals surface area contributed by atoms with Crippen LogP contribution in [-0.2, 0) is 12.7 Å². The van der Waals surface area contributed by atoms with Crippen molar-refractivity contribution in [2.24, 2.45) is 0 Å². The summed E-state index contributed by atoms with van der Waals surface area (Å²) in [4.78, 5) is 30.1. The average molecular weight is 483 g/mol. The molecule has 0 saturated carbocycles. The quantitative estimate of drug-likeness (QED) is 0.413. The fraction of sp³-hybridized carbons (Fsp3) is 0.174. The Morgan fingerprint density at radius 2 is 1.83 bits per heavy atom. The van der Waals surface area contributed by atoms with Crippen LogP contribution in [0.15, 0.2) is 61.1 Å². The Labute approximate surface area is 198 Å². The van der Waals surface area contributed by atoms with Crippen LogP contribution >= 0.6 is 0 Å². The number of rotatable bonds is 6. The SMILES string of the molecule is COc1cc2cc(C(=O)N(Cc3ccc(C(F)(F)F)cn3)N(C)c3ncccn3)ccc2nc1N. The van der Waals surface area contributed by atoms with Crippen LogP contribution in [0, 0.1) is 0 Å². The number of ether oxygens (including phenoxy) is 1.